The van der Waals surface area contributed by atoms with Crippen LogP contribution in [0.4, 0.5) is 0 Å². The molecule has 0 aliphatic carbocycles. The first-order valence-corrected chi connectivity index (χ1v) is 25.2. The standard InChI is InChI=1S/C53H96O5/c1-4-7-10-13-16-19-22-23-24-25-26-27-28-29-30-33-36-39-42-45-48-56-49-51(58-53(55)47-44-41-38-35-32-21-18-15-12-9-6-3)50-57-52(54)46-43-40-37-34-31-20-17-14-11-8-5-2/h7,10,16,19,23-24,26-27,51H,4-6,8-9,11-15,17-18,20-22,25,28-50H2,1-3H3/b10-7-,19-16-,24-23-,27-26-. The second-order valence-corrected chi connectivity index (χ2v) is 16.7. The molecule has 0 aromatic carbocycles. The summed E-state index contributed by atoms with van der Waals surface area (Å²) in [5, 5.41) is 0. The van der Waals surface area contributed by atoms with E-state index in [4.69, 9.17) is 14.2 Å². The van der Waals surface area contributed by atoms with E-state index in [1.165, 1.54) is 154 Å². The average Bonchev–Trinajstić information content (AvgIpc) is 3.22. The molecule has 0 bridgehead atoms. The summed E-state index contributed by atoms with van der Waals surface area (Å²) in [7, 11) is 0. The fraction of sp³-hybridized carbons (Fsp3) is 0.811. The van der Waals surface area contributed by atoms with E-state index in [1.807, 2.05) is 0 Å². The maximum absolute atomic E-state index is 12.7. The Bertz CT molecular complexity index is 966. The molecule has 0 saturated heterocycles. The Morgan fingerprint density at radius 1 is 0.397 bits per heavy atom. The van der Waals surface area contributed by atoms with Gasteiger partial charge in [-0.15, -0.1) is 0 Å². The van der Waals surface area contributed by atoms with Crippen molar-refractivity contribution >= 4 is 11.9 Å². The van der Waals surface area contributed by atoms with Crippen LogP contribution in [0, 0.1) is 0 Å². The smallest absolute Gasteiger partial charge is 0.306 e. The average molecular weight is 813 g/mol. The van der Waals surface area contributed by atoms with Crippen LogP contribution in [0.25, 0.3) is 0 Å². The SMILES string of the molecule is CC/C=C\C/C=C\C/C=C\C/C=C\CCCCCCCCCOCC(COC(=O)CCCCCCCCCCCCC)OC(=O)CCCCCCCCCCCCC. The molecule has 0 aliphatic rings. The van der Waals surface area contributed by atoms with E-state index < -0.39 is 6.10 Å². The molecule has 58 heavy (non-hydrogen) atoms. The summed E-state index contributed by atoms with van der Waals surface area (Å²) in [5.74, 6) is -0.395. The molecule has 1 atom stereocenters. The summed E-state index contributed by atoms with van der Waals surface area (Å²) in [6, 6.07) is 0. The molecule has 5 heteroatoms. The highest BCUT2D eigenvalue weighted by molar-refractivity contribution is 5.70. The van der Waals surface area contributed by atoms with E-state index in [9.17, 15) is 9.59 Å². The minimum Gasteiger partial charge on any atom is -0.462 e. The largest absolute Gasteiger partial charge is 0.462 e. The van der Waals surface area contributed by atoms with Gasteiger partial charge in [0.15, 0.2) is 6.10 Å². The van der Waals surface area contributed by atoms with Crippen molar-refractivity contribution in [3.8, 4) is 0 Å². The molecule has 1 unspecified atom stereocenters. The Hall–Kier alpha value is -2.14. The molecule has 0 amide bonds. The van der Waals surface area contributed by atoms with Crippen LogP contribution in [0.3, 0.4) is 0 Å². The summed E-state index contributed by atoms with van der Waals surface area (Å²) in [6.45, 7) is 7.71. The molecule has 0 radical (unpaired) electrons. The van der Waals surface area contributed by atoms with Gasteiger partial charge in [-0.3, -0.25) is 9.59 Å². The van der Waals surface area contributed by atoms with E-state index in [1.54, 1.807) is 0 Å². The third-order valence-electron chi connectivity index (χ3n) is 10.9. The normalized spacial score (nSPS) is 12.5. The minimum absolute atomic E-state index is 0.0851. The zero-order valence-corrected chi connectivity index (χ0v) is 38.8. The quantitative estimate of drug-likeness (QED) is 0.0348. The summed E-state index contributed by atoms with van der Waals surface area (Å²) in [5.41, 5.74) is 0. The van der Waals surface area contributed by atoms with Crippen molar-refractivity contribution in [3.63, 3.8) is 0 Å². The summed E-state index contributed by atoms with van der Waals surface area (Å²) in [4.78, 5) is 25.3. The number of carbonyl (C=O) groups is 2. The Kier molecular flexibility index (Phi) is 47.4. The molecule has 5 nitrogen and oxygen atoms in total. The Labute approximate surface area is 361 Å². The van der Waals surface area contributed by atoms with Gasteiger partial charge in [0.1, 0.15) is 6.61 Å². The molecule has 0 aromatic heterocycles. The Balaban J connectivity index is 4.20. The highest BCUT2D eigenvalue weighted by atomic mass is 16.6. The van der Waals surface area contributed by atoms with Gasteiger partial charge in [0.2, 0.25) is 0 Å². The van der Waals surface area contributed by atoms with E-state index in [0.29, 0.717) is 19.4 Å². The van der Waals surface area contributed by atoms with Crippen LogP contribution < -0.4 is 0 Å². The summed E-state index contributed by atoms with van der Waals surface area (Å²) < 4.78 is 17.4. The lowest BCUT2D eigenvalue weighted by atomic mass is 10.1. The van der Waals surface area contributed by atoms with Crippen molar-refractivity contribution in [1.82, 2.24) is 0 Å². The number of hydrogen-bond donors (Lipinski definition) is 0. The molecular weight excluding hydrogens is 717 g/mol. The molecular formula is C53H96O5. The number of ether oxygens (including phenoxy) is 3. The van der Waals surface area contributed by atoms with Gasteiger partial charge < -0.3 is 14.2 Å². The second-order valence-electron chi connectivity index (χ2n) is 16.7. The molecule has 0 heterocycles. The van der Waals surface area contributed by atoms with Crippen molar-refractivity contribution in [2.75, 3.05) is 19.8 Å². The maximum Gasteiger partial charge on any atom is 0.306 e. The van der Waals surface area contributed by atoms with Crippen LogP contribution in [0.15, 0.2) is 48.6 Å². The van der Waals surface area contributed by atoms with Crippen LogP contribution in [0.2, 0.25) is 0 Å². The summed E-state index contributed by atoms with van der Waals surface area (Å²) in [6.07, 6.45) is 59.7. The lowest BCUT2D eigenvalue weighted by molar-refractivity contribution is -0.163. The van der Waals surface area contributed by atoms with Gasteiger partial charge >= 0.3 is 11.9 Å². The molecule has 0 rings (SSSR count). The lowest BCUT2D eigenvalue weighted by Crippen LogP contribution is -2.30. The monoisotopic (exact) mass is 813 g/mol. The van der Waals surface area contributed by atoms with Gasteiger partial charge in [-0.2, -0.15) is 0 Å². The van der Waals surface area contributed by atoms with Crippen LogP contribution >= 0.6 is 0 Å². The first kappa shape index (κ1) is 55.9. The van der Waals surface area contributed by atoms with Gasteiger partial charge in [-0.05, 0) is 57.8 Å². The van der Waals surface area contributed by atoms with Crippen molar-refractivity contribution in [1.29, 1.82) is 0 Å². The van der Waals surface area contributed by atoms with E-state index in [2.05, 4.69) is 69.4 Å². The van der Waals surface area contributed by atoms with Crippen LogP contribution in [0.1, 0.15) is 252 Å². The number of carbonyl (C=O) groups excluding carboxylic acids is 2. The van der Waals surface area contributed by atoms with Gasteiger partial charge in [-0.25, -0.2) is 0 Å². The van der Waals surface area contributed by atoms with Crippen molar-refractivity contribution in [3.05, 3.63) is 48.6 Å². The first-order chi connectivity index (χ1) is 28.6. The Morgan fingerprint density at radius 3 is 1.24 bits per heavy atom. The van der Waals surface area contributed by atoms with Gasteiger partial charge in [0.05, 0.1) is 6.61 Å². The molecule has 0 saturated carbocycles. The highest BCUT2D eigenvalue weighted by Crippen LogP contribution is 2.15. The molecule has 0 fully saturated rings. The molecule has 0 spiro atoms. The second kappa shape index (κ2) is 49.2. The van der Waals surface area contributed by atoms with Crippen LogP contribution in [-0.2, 0) is 23.8 Å². The Morgan fingerprint density at radius 2 is 0.776 bits per heavy atom. The number of allylic oxidation sites excluding steroid dienone is 8. The number of esters is 2. The highest BCUT2D eigenvalue weighted by Gasteiger charge is 2.17. The molecule has 338 valence electrons. The van der Waals surface area contributed by atoms with Crippen LogP contribution in [-0.4, -0.2) is 37.9 Å². The number of hydrogen-bond acceptors (Lipinski definition) is 5. The predicted molar refractivity (Wildman–Crippen MR) is 251 cm³/mol. The number of rotatable bonds is 46. The molecule has 0 aliphatic heterocycles. The fourth-order valence-electron chi connectivity index (χ4n) is 7.15. The van der Waals surface area contributed by atoms with Gasteiger partial charge in [-0.1, -0.05) is 230 Å². The van der Waals surface area contributed by atoms with Gasteiger partial charge in [0, 0.05) is 19.4 Å². The topological polar surface area (TPSA) is 61.8 Å². The zero-order chi connectivity index (χ0) is 42.1. The molecule has 0 aromatic rings. The van der Waals surface area contributed by atoms with Crippen molar-refractivity contribution in [2.45, 2.75) is 258 Å². The van der Waals surface area contributed by atoms with E-state index in [0.717, 1.165) is 64.2 Å². The lowest BCUT2D eigenvalue weighted by Gasteiger charge is -2.18. The zero-order valence-electron chi connectivity index (χ0n) is 38.8. The fourth-order valence-corrected chi connectivity index (χ4v) is 7.15. The summed E-state index contributed by atoms with van der Waals surface area (Å²) >= 11 is 0. The van der Waals surface area contributed by atoms with Crippen LogP contribution in [0.5, 0.6) is 0 Å². The first-order valence-electron chi connectivity index (χ1n) is 25.2. The van der Waals surface area contributed by atoms with E-state index in [-0.39, 0.29) is 25.2 Å². The van der Waals surface area contributed by atoms with Crippen molar-refractivity contribution < 1.29 is 23.8 Å². The molecule has 0 N–H and O–H groups in total. The third kappa shape index (κ3) is 46.5. The minimum atomic E-state index is -0.535. The predicted octanol–water partition coefficient (Wildman–Crippen LogP) is 16.8. The van der Waals surface area contributed by atoms with Crippen molar-refractivity contribution in [2.24, 2.45) is 0 Å². The maximum atomic E-state index is 12.7. The van der Waals surface area contributed by atoms with E-state index >= 15 is 0 Å². The van der Waals surface area contributed by atoms with Gasteiger partial charge in [0.25, 0.3) is 0 Å². The number of unbranched alkanes of at least 4 members (excludes halogenated alkanes) is 27. The third-order valence-corrected chi connectivity index (χ3v) is 10.9.